The molecular weight excluding hydrogens is 380 g/mol. The number of ether oxygens (including phenoxy) is 1. The third kappa shape index (κ3) is 5.27. The van der Waals surface area contributed by atoms with Gasteiger partial charge in [0.15, 0.2) is 0 Å². The van der Waals surface area contributed by atoms with Crippen LogP contribution < -0.4 is 10.3 Å². The second kappa shape index (κ2) is 9.89. The fourth-order valence-corrected chi connectivity index (χ4v) is 4.44. The van der Waals surface area contributed by atoms with E-state index in [1.165, 1.54) is 31.0 Å². The zero-order valence-electron chi connectivity index (χ0n) is 17.4. The Labute approximate surface area is 177 Å². The predicted octanol–water partition coefficient (Wildman–Crippen LogP) is 2.48. The van der Waals surface area contributed by atoms with Crippen molar-refractivity contribution in [2.45, 2.75) is 44.6 Å². The van der Waals surface area contributed by atoms with Crippen LogP contribution in [0.3, 0.4) is 0 Å². The number of aromatic nitrogens is 2. The summed E-state index contributed by atoms with van der Waals surface area (Å²) in [5.41, 5.74) is 1.30. The SMILES string of the molecule is O=C(c1c[nH]c(=O)cn1)N1CCCOc2cccc(c2)CCC2CCCCN2CC1. The number of carbonyl (C=O) groups excluding carboxylic acids is 1. The third-order valence-electron chi connectivity index (χ3n) is 6.09. The van der Waals surface area contributed by atoms with Crippen molar-refractivity contribution >= 4 is 5.91 Å². The van der Waals surface area contributed by atoms with Gasteiger partial charge in [-0.2, -0.15) is 0 Å². The third-order valence-corrected chi connectivity index (χ3v) is 6.09. The molecule has 2 aliphatic heterocycles. The molecule has 2 aliphatic rings. The highest BCUT2D eigenvalue weighted by Gasteiger charge is 2.24. The van der Waals surface area contributed by atoms with Gasteiger partial charge in [0.25, 0.3) is 11.5 Å². The molecule has 1 aromatic carbocycles. The lowest BCUT2D eigenvalue weighted by molar-refractivity contribution is 0.0676. The fourth-order valence-electron chi connectivity index (χ4n) is 4.44. The number of fused-ring (bicyclic) bond motifs is 3. The largest absolute Gasteiger partial charge is 0.494 e. The summed E-state index contributed by atoms with van der Waals surface area (Å²) >= 11 is 0. The van der Waals surface area contributed by atoms with Gasteiger partial charge in [0.2, 0.25) is 0 Å². The maximum atomic E-state index is 13.0. The number of amides is 1. The molecule has 1 aromatic heterocycles. The highest BCUT2D eigenvalue weighted by molar-refractivity contribution is 5.91. The second-order valence-corrected chi connectivity index (χ2v) is 8.16. The lowest BCUT2D eigenvalue weighted by Gasteiger charge is -2.37. The van der Waals surface area contributed by atoms with Crippen molar-refractivity contribution in [2.24, 2.45) is 0 Å². The monoisotopic (exact) mass is 410 g/mol. The van der Waals surface area contributed by atoms with Gasteiger partial charge in [0.05, 0.1) is 12.8 Å². The van der Waals surface area contributed by atoms with Crippen LogP contribution in [0.1, 0.15) is 48.2 Å². The van der Waals surface area contributed by atoms with E-state index in [2.05, 4.69) is 33.1 Å². The van der Waals surface area contributed by atoms with E-state index >= 15 is 0 Å². The molecule has 1 saturated heterocycles. The normalized spacial score (nSPS) is 21.2. The Kier molecular flexibility index (Phi) is 6.79. The number of benzene rings is 1. The average molecular weight is 411 g/mol. The van der Waals surface area contributed by atoms with E-state index in [0.29, 0.717) is 25.7 Å². The molecule has 1 unspecified atom stereocenters. The van der Waals surface area contributed by atoms with E-state index in [9.17, 15) is 9.59 Å². The maximum Gasteiger partial charge on any atom is 0.274 e. The summed E-state index contributed by atoms with van der Waals surface area (Å²) in [5.74, 6) is 0.749. The van der Waals surface area contributed by atoms with Crippen molar-refractivity contribution in [2.75, 3.05) is 32.8 Å². The van der Waals surface area contributed by atoms with Gasteiger partial charge in [-0.3, -0.25) is 14.5 Å². The number of H-pyrrole nitrogens is 1. The van der Waals surface area contributed by atoms with E-state index in [-0.39, 0.29) is 17.2 Å². The van der Waals surface area contributed by atoms with Crippen LogP contribution in [-0.2, 0) is 6.42 Å². The van der Waals surface area contributed by atoms with Gasteiger partial charge in [-0.25, -0.2) is 4.98 Å². The number of aryl methyl sites for hydroxylation is 1. The summed E-state index contributed by atoms with van der Waals surface area (Å²) in [6.07, 6.45) is 9.18. The Morgan fingerprint density at radius 1 is 1.10 bits per heavy atom. The molecule has 3 heterocycles. The number of nitrogens with one attached hydrogen (secondary N) is 1. The molecule has 0 aliphatic carbocycles. The fraction of sp³-hybridized carbons (Fsp3) is 0.522. The van der Waals surface area contributed by atoms with Crippen LogP contribution in [0.2, 0.25) is 0 Å². The van der Waals surface area contributed by atoms with Gasteiger partial charge in [-0.15, -0.1) is 0 Å². The molecule has 4 rings (SSSR count). The zero-order valence-corrected chi connectivity index (χ0v) is 17.4. The molecule has 7 heteroatoms. The summed E-state index contributed by atoms with van der Waals surface area (Å²) in [4.78, 5) is 35.3. The first-order valence-corrected chi connectivity index (χ1v) is 11.0. The van der Waals surface area contributed by atoms with E-state index in [1.807, 2.05) is 11.0 Å². The first-order valence-electron chi connectivity index (χ1n) is 11.0. The van der Waals surface area contributed by atoms with Crippen molar-refractivity contribution < 1.29 is 9.53 Å². The van der Waals surface area contributed by atoms with Crippen molar-refractivity contribution in [3.63, 3.8) is 0 Å². The van der Waals surface area contributed by atoms with Crippen LogP contribution in [0.25, 0.3) is 0 Å². The topological polar surface area (TPSA) is 78.5 Å². The molecule has 7 nitrogen and oxygen atoms in total. The minimum Gasteiger partial charge on any atom is -0.494 e. The molecule has 1 amide bonds. The molecule has 1 fully saturated rings. The van der Waals surface area contributed by atoms with Gasteiger partial charge >= 0.3 is 0 Å². The molecule has 0 spiro atoms. The molecule has 2 aromatic rings. The summed E-state index contributed by atoms with van der Waals surface area (Å²) < 4.78 is 5.94. The van der Waals surface area contributed by atoms with E-state index in [4.69, 9.17) is 4.74 Å². The van der Waals surface area contributed by atoms with Gasteiger partial charge in [-0.1, -0.05) is 18.6 Å². The first kappa shape index (κ1) is 20.6. The first-order chi connectivity index (χ1) is 14.7. The van der Waals surface area contributed by atoms with Crippen molar-refractivity contribution in [3.8, 4) is 5.75 Å². The molecule has 1 atom stereocenters. The highest BCUT2D eigenvalue weighted by atomic mass is 16.5. The van der Waals surface area contributed by atoms with Crippen LogP contribution >= 0.6 is 0 Å². The Bertz CT molecular complexity index is 893. The van der Waals surface area contributed by atoms with Crippen LogP contribution in [0.5, 0.6) is 5.75 Å². The Hall–Kier alpha value is -2.67. The van der Waals surface area contributed by atoms with E-state index in [0.717, 1.165) is 44.3 Å². The molecule has 0 radical (unpaired) electrons. The highest BCUT2D eigenvalue weighted by Crippen LogP contribution is 2.23. The summed E-state index contributed by atoms with van der Waals surface area (Å²) in [7, 11) is 0. The van der Waals surface area contributed by atoms with Crippen molar-refractivity contribution in [1.29, 1.82) is 0 Å². The standard InChI is InChI=1S/C23H30N4O3/c28-22-17-24-21(16-25-22)23(29)27-11-4-14-30-20-7-3-5-18(15-20)8-9-19-6-1-2-10-26(19)12-13-27/h3,5,7,15-17,19H,1-2,4,6,8-14H2,(H,25,28). The van der Waals surface area contributed by atoms with Gasteiger partial charge < -0.3 is 14.6 Å². The molecule has 1 N–H and O–H groups in total. The number of hydrogen-bond donors (Lipinski definition) is 1. The van der Waals surface area contributed by atoms with Crippen LogP contribution in [0.15, 0.2) is 41.5 Å². The lowest BCUT2D eigenvalue weighted by Crippen LogP contribution is -2.46. The number of piperidine rings is 1. The number of aromatic amines is 1. The van der Waals surface area contributed by atoms with Gasteiger partial charge in [0, 0.05) is 31.9 Å². The Morgan fingerprint density at radius 3 is 2.90 bits per heavy atom. The van der Waals surface area contributed by atoms with Gasteiger partial charge in [0.1, 0.15) is 11.4 Å². The van der Waals surface area contributed by atoms with Crippen molar-refractivity contribution in [3.05, 3.63) is 58.3 Å². The van der Waals surface area contributed by atoms with Crippen LogP contribution in [0.4, 0.5) is 0 Å². The quantitative estimate of drug-likeness (QED) is 0.781. The second-order valence-electron chi connectivity index (χ2n) is 8.16. The Balaban J connectivity index is 1.52. The van der Waals surface area contributed by atoms with Crippen LogP contribution in [0, 0.1) is 0 Å². The summed E-state index contributed by atoms with van der Waals surface area (Å²) in [6, 6.07) is 8.94. The predicted molar refractivity (Wildman–Crippen MR) is 115 cm³/mol. The minimum absolute atomic E-state index is 0.145. The molecule has 160 valence electrons. The Morgan fingerprint density at radius 2 is 2.03 bits per heavy atom. The summed E-state index contributed by atoms with van der Waals surface area (Å²) in [5, 5.41) is 0. The smallest absolute Gasteiger partial charge is 0.274 e. The van der Waals surface area contributed by atoms with E-state index < -0.39 is 0 Å². The van der Waals surface area contributed by atoms with Gasteiger partial charge in [-0.05, 0) is 56.3 Å². The average Bonchev–Trinajstić information content (AvgIpc) is 2.78. The molecular formula is C23H30N4O3. The molecule has 2 bridgehead atoms. The number of carbonyl (C=O) groups is 1. The van der Waals surface area contributed by atoms with Crippen LogP contribution in [-0.4, -0.2) is 64.5 Å². The van der Waals surface area contributed by atoms with Crippen molar-refractivity contribution in [1.82, 2.24) is 19.8 Å². The number of hydrogen-bond acceptors (Lipinski definition) is 5. The lowest BCUT2D eigenvalue weighted by atomic mass is 9.95. The molecule has 0 saturated carbocycles. The van der Waals surface area contributed by atoms with E-state index in [1.54, 1.807) is 0 Å². The number of nitrogens with zero attached hydrogens (tertiary/aromatic N) is 3. The summed E-state index contributed by atoms with van der Waals surface area (Å²) in [6.45, 7) is 3.76. The minimum atomic E-state index is -0.306. The molecule has 30 heavy (non-hydrogen) atoms. The maximum absolute atomic E-state index is 13.0. The number of rotatable bonds is 1. The zero-order chi connectivity index (χ0) is 20.8.